The SMILES string of the molecule is CCCCCc1ccc(C2(F)CCC(CC)CC2)cc1. The lowest BCUT2D eigenvalue weighted by Gasteiger charge is -2.34. The third-order valence-electron chi connectivity index (χ3n) is 5.02. The summed E-state index contributed by atoms with van der Waals surface area (Å²) in [6.07, 6.45) is 9.63. The Balaban J connectivity index is 1.95. The summed E-state index contributed by atoms with van der Waals surface area (Å²) in [6.45, 7) is 4.45. The third kappa shape index (κ3) is 3.84. The summed E-state index contributed by atoms with van der Waals surface area (Å²) >= 11 is 0. The molecule has 1 aromatic carbocycles. The van der Waals surface area contributed by atoms with E-state index in [0.717, 1.165) is 30.7 Å². The summed E-state index contributed by atoms with van der Waals surface area (Å²) in [6, 6.07) is 8.34. The lowest BCUT2D eigenvalue weighted by Crippen LogP contribution is -2.27. The largest absolute Gasteiger partial charge is 0.239 e. The maximum absolute atomic E-state index is 15.1. The second-order valence-electron chi connectivity index (χ2n) is 6.47. The first-order valence-corrected chi connectivity index (χ1v) is 8.46. The van der Waals surface area contributed by atoms with Gasteiger partial charge in [0.25, 0.3) is 0 Å². The van der Waals surface area contributed by atoms with Crippen LogP contribution in [-0.2, 0) is 12.1 Å². The number of hydrogen-bond acceptors (Lipinski definition) is 0. The molecule has 1 aliphatic rings. The summed E-state index contributed by atoms with van der Waals surface area (Å²) < 4.78 is 15.1. The standard InChI is InChI=1S/C19H29F/c1-3-5-6-7-17-8-10-18(11-9-17)19(20)14-12-16(4-2)13-15-19/h8-11,16H,3-7,12-15H2,1-2H3. The molecule has 1 fully saturated rings. The lowest BCUT2D eigenvalue weighted by molar-refractivity contribution is 0.0807. The van der Waals surface area contributed by atoms with E-state index in [-0.39, 0.29) is 0 Å². The van der Waals surface area contributed by atoms with Crippen molar-refractivity contribution in [2.45, 2.75) is 77.3 Å². The monoisotopic (exact) mass is 276 g/mol. The van der Waals surface area contributed by atoms with E-state index in [1.807, 2.05) is 12.1 Å². The Morgan fingerprint density at radius 3 is 2.25 bits per heavy atom. The summed E-state index contributed by atoms with van der Waals surface area (Å²) in [5.74, 6) is 0.743. The van der Waals surface area contributed by atoms with E-state index < -0.39 is 5.67 Å². The van der Waals surface area contributed by atoms with E-state index in [1.165, 1.54) is 31.2 Å². The minimum absolute atomic E-state index is 0.709. The summed E-state index contributed by atoms with van der Waals surface area (Å²) in [7, 11) is 0. The van der Waals surface area contributed by atoms with Crippen molar-refractivity contribution in [1.29, 1.82) is 0 Å². The van der Waals surface area contributed by atoms with E-state index in [9.17, 15) is 0 Å². The van der Waals surface area contributed by atoms with Gasteiger partial charge >= 0.3 is 0 Å². The molecule has 0 aliphatic heterocycles. The molecule has 0 amide bonds. The van der Waals surface area contributed by atoms with Crippen LogP contribution in [0.4, 0.5) is 4.39 Å². The highest BCUT2D eigenvalue weighted by Crippen LogP contribution is 2.43. The lowest BCUT2D eigenvalue weighted by atomic mass is 9.75. The fraction of sp³-hybridized carbons (Fsp3) is 0.684. The summed E-state index contributed by atoms with van der Waals surface area (Å²) in [4.78, 5) is 0. The van der Waals surface area contributed by atoms with Crippen LogP contribution in [0, 0.1) is 5.92 Å². The Morgan fingerprint density at radius 1 is 1.05 bits per heavy atom. The van der Waals surface area contributed by atoms with Gasteiger partial charge in [0.05, 0.1) is 0 Å². The Hall–Kier alpha value is -0.850. The third-order valence-corrected chi connectivity index (χ3v) is 5.02. The number of aryl methyl sites for hydroxylation is 1. The van der Waals surface area contributed by atoms with E-state index in [4.69, 9.17) is 0 Å². The second kappa shape index (κ2) is 7.24. The average molecular weight is 276 g/mol. The first-order valence-electron chi connectivity index (χ1n) is 8.46. The van der Waals surface area contributed by atoms with Crippen LogP contribution in [0.3, 0.4) is 0 Å². The minimum atomic E-state index is -1.06. The smallest absolute Gasteiger partial charge is 0.136 e. The fourth-order valence-electron chi connectivity index (χ4n) is 3.38. The van der Waals surface area contributed by atoms with Gasteiger partial charge in [-0.1, -0.05) is 57.4 Å². The number of alkyl halides is 1. The van der Waals surface area contributed by atoms with Crippen LogP contribution in [0.2, 0.25) is 0 Å². The van der Waals surface area contributed by atoms with Crippen LogP contribution >= 0.6 is 0 Å². The van der Waals surface area contributed by atoms with Gasteiger partial charge in [-0.2, -0.15) is 0 Å². The maximum atomic E-state index is 15.1. The van der Waals surface area contributed by atoms with Crippen LogP contribution < -0.4 is 0 Å². The normalized spacial score (nSPS) is 26.6. The van der Waals surface area contributed by atoms with E-state index in [0.29, 0.717) is 12.8 Å². The molecule has 1 heteroatoms. The maximum Gasteiger partial charge on any atom is 0.136 e. The zero-order chi connectivity index (χ0) is 14.4. The Morgan fingerprint density at radius 2 is 1.70 bits per heavy atom. The van der Waals surface area contributed by atoms with Crippen molar-refractivity contribution in [3.63, 3.8) is 0 Å². The number of rotatable bonds is 6. The minimum Gasteiger partial charge on any atom is -0.239 e. The Kier molecular flexibility index (Phi) is 5.63. The first-order chi connectivity index (χ1) is 9.68. The number of halogens is 1. The molecular weight excluding hydrogens is 247 g/mol. The molecule has 1 aliphatic carbocycles. The molecule has 2 rings (SSSR count). The molecule has 1 aromatic rings. The van der Waals surface area contributed by atoms with Crippen molar-refractivity contribution >= 4 is 0 Å². The predicted octanol–water partition coefficient (Wildman–Crippen LogP) is 6.18. The van der Waals surface area contributed by atoms with Crippen molar-refractivity contribution in [2.24, 2.45) is 5.92 Å². The molecule has 112 valence electrons. The molecule has 0 radical (unpaired) electrons. The van der Waals surface area contributed by atoms with Gasteiger partial charge in [-0.05, 0) is 55.6 Å². The molecule has 0 heterocycles. The van der Waals surface area contributed by atoms with Crippen molar-refractivity contribution in [3.8, 4) is 0 Å². The van der Waals surface area contributed by atoms with Crippen molar-refractivity contribution in [3.05, 3.63) is 35.4 Å². The highest BCUT2D eigenvalue weighted by Gasteiger charge is 2.36. The highest BCUT2D eigenvalue weighted by atomic mass is 19.1. The van der Waals surface area contributed by atoms with Crippen LogP contribution in [0.5, 0.6) is 0 Å². The molecule has 0 atom stereocenters. The molecule has 0 nitrogen and oxygen atoms in total. The van der Waals surface area contributed by atoms with E-state index in [2.05, 4.69) is 26.0 Å². The molecule has 0 unspecified atom stereocenters. The topological polar surface area (TPSA) is 0 Å². The Bertz CT molecular complexity index is 385. The zero-order valence-corrected chi connectivity index (χ0v) is 13.1. The Labute approximate surface area is 123 Å². The number of benzene rings is 1. The molecule has 0 saturated heterocycles. The molecule has 0 bridgehead atoms. The molecule has 0 spiro atoms. The molecule has 0 N–H and O–H groups in total. The van der Waals surface area contributed by atoms with Crippen LogP contribution in [0.15, 0.2) is 24.3 Å². The van der Waals surface area contributed by atoms with Gasteiger partial charge in [0.1, 0.15) is 5.67 Å². The van der Waals surface area contributed by atoms with Crippen LogP contribution in [0.1, 0.15) is 76.3 Å². The van der Waals surface area contributed by atoms with Gasteiger partial charge in [-0.15, -0.1) is 0 Å². The van der Waals surface area contributed by atoms with Gasteiger partial charge in [-0.3, -0.25) is 0 Å². The van der Waals surface area contributed by atoms with Crippen molar-refractivity contribution in [1.82, 2.24) is 0 Å². The quantitative estimate of drug-likeness (QED) is 0.544. The number of hydrogen-bond donors (Lipinski definition) is 0. The summed E-state index contributed by atoms with van der Waals surface area (Å²) in [5, 5.41) is 0. The van der Waals surface area contributed by atoms with E-state index >= 15 is 4.39 Å². The van der Waals surface area contributed by atoms with Gasteiger partial charge in [-0.25, -0.2) is 4.39 Å². The first kappa shape index (κ1) is 15.5. The van der Waals surface area contributed by atoms with Gasteiger partial charge < -0.3 is 0 Å². The molecule has 1 saturated carbocycles. The molecular formula is C19H29F. The average Bonchev–Trinajstić information content (AvgIpc) is 2.49. The van der Waals surface area contributed by atoms with Crippen LogP contribution in [0.25, 0.3) is 0 Å². The fourth-order valence-corrected chi connectivity index (χ4v) is 3.38. The molecule has 0 aromatic heterocycles. The highest BCUT2D eigenvalue weighted by molar-refractivity contribution is 5.28. The zero-order valence-electron chi connectivity index (χ0n) is 13.1. The van der Waals surface area contributed by atoms with Crippen LogP contribution in [-0.4, -0.2) is 0 Å². The summed E-state index contributed by atoms with van der Waals surface area (Å²) in [5.41, 5.74) is 1.20. The number of unbranched alkanes of at least 4 members (excludes halogenated alkanes) is 2. The molecule has 20 heavy (non-hydrogen) atoms. The second-order valence-corrected chi connectivity index (χ2v) is 6.47. The van der Waals surface area contributed by atoms with Crippen molar-refractivity contribution < 1.29 is 4.39 Å². The van der Waals surface area contributed by atoms with Gasteiger partial charge in [0.15, 0.2) is 0 Å². The van der Waals surface area contributed by atoms with Crippen molar-refractivity contribution in [2.75, 3.05) is 0 Å². The van der Waals surface area contributed by atoms with Gasteiger partial charge in [0.2, 0.25) is 0 Å². The van der Waals surface area contributed by atoms with E-state index in [1.54, 1.807) is 0 Å². The predicted molar refractivity (Wildman–Crippen MR) is 84.7 cm³/mol. The van der Waals surface area contributed by atoms with Gasteiger partial charge in [0, 0.05) is 0 Å².